The van der Waals surface area contributed by atoms with Gasteiger partial charge in [-0.2, -0.15) is 0 Å². The maximum atomic E-state index is 12.5. The molecule has 1 fully saturated rings. The Morgan fingerprint density at radius 1 is 1.28 bits per heavy atom. The predicted molar refractivity (Wildman–Crippen MR) is 75.0 cm³/mol. The van der Waals surface area contributed by atoms with E-state index in [1.807, 2.05) is 36.2 Å². The van der Waals surface area contributed by atoms with Crippen molar-refractivity contribution < 1.29 is 4.79 Å². The summed E-state index contributed by atoms with van der Waals surface area (Å²) in [5.74, 6) is 0.173. The molecule has 0 radical (unpaired) electrons. The molecular formula is C15H22N2O. The molecule has 0 atom stereocenters. The fourth-order valence-corrected chi connectivity index (χ4v) is 2.73. The number of nitrogens with zero attached hydrogens (tertiary/aromatic N) is 1. The van der Waals surface area contributed by atoms with Gasteiger partial charge in [-0.15, -0.1) is 0 Å². The molecule has 0 heterocycles. The van der Waals surface area contributed by atoms with Crippen LogP contribution in [0.4, 0.5) is 5.69 Å². The van der Waals surface area contributed by atoms with Gasteiger partial charge in [-0.1, -0.05) is 12.8 Å². The Morgan fingerprint density at radius 2 is 1.89 bits per heavy atom. The fraction of sp³-hybridized carbons (Fsp3) is 0.533. The molecule has 1 amide bonds. The molecule has 18 heavy (non-hydrogen) atoms. The molecule has 1 aromatic rings. The molecule has 1 aromatic carbocycles. The van der Waals surface area contributed by atoms with Gasteiger partial charge in [-0.3, -0.25) is 4.79 Å². The SMILES string of the molecule is CCN(C(=O)c1ccc(NC)cc1)C1CCCC1. The number of rotatable bonds is 4. The Bertz CT molecular complexity index is 393. The van der Waals surface area contributed by atoms with E-state index < -0.39 is 0 Å². The van der Waals surface area contributed by atoms with Crippen LogP contribution in [0.5, 0.6) is 0 Å². The van der Waals surface area contributed by atoms with Crippen LogP contribution in [0.2, 0.25) is 0 Å². The molecule has 1 aliphatic rings. The molecule has 0 saturated heterocycles. The highest BCUT2D eigenvalue weighted by Crippen LogP contribution is 2.25. The maximum Gasteiger partial charge on any atom is 0.254 e. The van der Waals surface area contributed by atoms with Crippen molar-refractivity contribution in [3.63, 3.8) is 0 Å². The smallest absolute Gasteiger partial charge is 0.254 e. The second-order valence-electron chi connectivity index (χ2n) is 4.86. The first-order chi connectivity index (χ1) is 8.76. The Labute approximate surface area is 109 Å². The summed E-state index contributed by atoms with van der Waals surface area (Å²) in [5.41, 5.74) is 1.83. The summed E-state index contributed by atoms with van der Waals surface area (Å²) in [5, 5.41) is 3.07. The second kappa shape index (κ2) is 5.89. The Morgan fingerprint density at radius 3 is 2.39 bits per heavy atom. The lowest BCUT2D eigenvalue weighted by Crippen LogP contribution is -2.38. The summed E-state index contributed by atoms with van der Waals surface area (Å²) < 4.78 is 0. The van der Waals surface area contributed by atoms with Crippen LogP contribution in [0.15, 0.2) is 24.3 Å². The number of hydrogen-bond acceptors (Lipinski definition) is 2. The van der Waals surface area contributed by atoms with Gasteiger partial charge < -0.3 is 10.2 Å². The average molecular weight is 246 g/mol. The molecule has 0 aromatic heterocycles. The van der Waals surface area contributed by atoms with Crippen molar-refractivity contribution in [3.05, 3.63) is 29.8 Å². The summed E-state index contributed by atoms with van der Waals surface area (Å²) in [6, 6.07) is 8.18. The number of benzene rings is 1. The minimum Gasteiger partial charge on any atom is -0.388 e. The molecule has 3 heteroatoms. The van der Waals surface area contributed by atoms with Gasteiger partial charge in [-0.25, -0.2) is 0 Å². The first-order valence-electron chi connectivity index (χ1n) is 6.85. The van der Waals surface area contributed by atoms with Crippen molar-refractivity contribution in [3.8, 4) is 0 Å². The topological polar surface area (TPSA) is 32.3 Å². The zero-order chi connectivity index (χ0) is 13.0. The molecule has 0 spiro atoms. The van der Waals surface area contributed by atoms with Crippen molar-refractivity contribution in [2.24, 2.45) is 0 Å². The minimum atomic E-state index is 0.173. The summed E-state index contributed by atoms with van der Waals surface area (Å²) in [7, 11) is 1.88. The van der Waals surface area contributed by atoms with Crippen molar-refractivity contribution in [2.45, 2.75) is 38.6 Å². The number of amides is 1. The van der Waals surface area contributed by atoms with Crippen LogP contribution < -0.4 is 5.32 Å². The molecule has 0 unspecified atom stereocenters. The van der Waals surface area contributed by atoms with Crippen molar-refractivity contribution in [1.29, 1.82) is 0 Å². The third kappa shape index (κ3) is 2.66. The zero-order valence-electron chi connectivity index (χ0n) is 11.3. The summed E-state index contributed by atoms with van der Waals surface area (Å²) in [6.45, 7) is 2.87. The lowest BCUT2D eigenvalue weighted by Gasteiger charge is -2.27. The number of carbonyl (C=O) groups excluding carboxylic acids is 1. The van der Waals surface area contributed by atoms with E-state index in [4.69, 9.17) is 0 Å². The first kappa shape index (κ1) is 12.9. The van der Waals surface area contributed by atoms with Crippen LogP contribution >= 0.6 is 0 Å². The van der Waals surface area contributed by atoms with E-state index in [-0.39, 0.29) is 5.91 Å². The third-order valence-corrected chi connectivity index (χ3v) is 3.79. The molecule has 98 valence electrons. The van der Waals surface area contributed by atoms with Gasteiger partial charge >= 0.3 is 0 Å². The molecular weight excluding hydrogens is 224 g/mol. The van der Waals surface area contributed by atoms with Crippen LogP contribution in [-0.4, -0.2) is 30.4 Å². The number of carbonyl (C=O) groups is 1. The Balaban J connectivity index is 2.11. The average Bonchev–Trinajstić information content (AvgIpc) is 2.93. The van der Waals surface area contributed by atoms with Gasteiger partial charge in [-0.05, 0) is 44.0 Å². The van der Waals surface area contributed by atoms with Crippen LogP contribution in [0.25, 0.3) is 0 Å². The van der Waals surface area contributed by atoms with E-state index in [0.29, 0.717) is 6.04 Å². The Hall–Kier alpha value is -1.51. The van der Waals surface area contributed by atoms with Crippen LogP contribution in [0.1, 0.15) is 43.0 Å². The second-order valence-corrected chi connectivity index (χ2v) is 4.86. The highest BCUT2D eigenvalue weighted by Gasteiger charge is 2.25. The predicted octanol–water partition coefficient (Wildman–Crippen LogP) is 3.13. The zero-order valence-corrected chi connectivity index (χ0v) is 11.3. The first-order valence-corrected chi connectivity index (χ1v) is 6.85. The number of anilines is 1. The van der Waals surface area contributed by atoms with Gasteiger partial charge in [0.05, 0.1) is 0 Å². The van der Waals surface area contributed by atoms with Gasteiger partial charge in [0, 0.05) is 30.9 Å². The molecule has 0 aliphatic heterocycles. The largest absolute Gasteiger partial charge is 0.388 e. The molecule has 1 N–H and O–H groups in total. The summed E-state index contributed by atoms with van der Waals surface area (Å²) >= 11 is 0. The normalized spacial score (nSPS) is 15.7. The highest BCUT2D eigenvalue weighted by atomic mass is 16.2. The van der Waals surface area contributed by atoms with E-state index in [1.165, 1.54) is 12.8 Å². The molecule has 1 saturated carbocycles. The van der Waals surface area contributed by atoms with Gasteiger partial charge in [0.1, 0.15) is 0 Å². The molecule has 3 nitrogen and oxygen atoms in total. The van der Waals surface area contributed by atoms with Crippen molar-refractivity contribution in [2.75, 3.05) is 18.9 Å². The van der Waals surface area contributed by atoms with Crippen LogP contribution in [0.3, 0.4) is 0 Å². The quantitative estimate of drug-likeness (QED) is 0.885. The van der Waals surface area contributed by atoms with Crippen LogP contribution in [-0.2, 0) is 0 Å². The van der Waals surface area contributed by atoms with E-state index in [1.54, 1.807) is 0 Å². The van der Waals surface area contributed by atoms with Gasteiger partial charge in [0.2, 0.25) is 0 Å². The summed E-state index contributed by atoms with van der Waals surface area (Å²) in [6.07, 6.45) is 4.84. The Kier molecular flexibility index (Phi) is 4.24. The number of hydrogen-bond donors (Lipinski definition) is 1. The lowest BCUT2D eigenvalue weighted by molar-refractivity contribution is 0.0693. The molecule has 1 aliphatic carbocycles. The van der Waals surface area contributed by atoms with E-state index in [2.05, 4.69) is 12.2 Å². The minimum absolute atomic E-state index is 0.173. The van der Waals surface area contributed by atoms with Crippen molar-refractivity contribution in [1.82, 2.24) is 4.90 Å². The maximum absolute atomic E-state index is 12.5. The van der Waals surface area contributed by atoms with Gasteiger partial charge in [0.25, 0.3) is 5.91 Å². The highest BCUT2D eigenvalue weighted by molar-refractivity contribution is 5.94. The van der Waals surface area contributed by atoms with E-state index >= 15 is 0 Å². The van der Waals surface area contributed by atoms with E-state index in [9.17, 15) is 4.79 Å². The van der Waals surface area contributed by atoms with Gasteiger partial charge in [0.15, 0.2) is 0 Å². The fourth-order valence-electron chi connectivity index (χ4n) is 2.73. The molecule has 2 rings (SSSR count). The molecule has 0 bridgehead atoms. The lowest BCUT2D eigenvalue weighted by atomic mass is 10.1. The van der Waals surface area contributed by atoms with E-state index in [0.717, 1.165) is 30.6 Å². The standard InChI is InChI=1S/C15H22N2O/c1-3-17(14-6-4-5-7-14)15(18)12-8-10-13(16-2)11-9-12/h8-11,14,16H,3-7H2,1-2H3. The monoisotopic (exact) mass is 246 g/mol. The van der Waals surface area contributed by atoms with Crippen molar-refractivity contribution >= 4 is 11.6 Å². The summed E-state index contributed by atoms with van der Waals surface area (Å²) in [4.78, 5) is 14.5. The number of nitrogens with one attached hydrogen (secondary N) is 1. The third-order valence-electron chi connectivity index (χ3n) is 3.79. The van der Waals surface area contributed by atoms with Crippen LogP contribution in [0, 0.1) is 0 Å².